The molecule has 7 nitrogen and oxygen atoms in total. The van der Waals surface area contributed by atoms with E-state index in [-0.39, 0.29) is 23.3 Å². The van der Waals surface area contributed by atoms with Crippen LogP contribution in [0.3, 0.4) is 0 Å². The standard InChI is InChI=1S/C25H21F3N6O/c26-25(27,28)16-3-4-17-14(7-16)2-6-19(17)34(24-9-13(10-24)11-24)23(35)15-1-5-18-20(8-15)33-12-30-32-22(33)21(29)31-18/h1,3-5,7-8,12-13,19H,2,6,9-11H2,(H2,29,31). The van der Waals surface area contributed by atoms with E-state index in [2.05, 4.69) is 15.2 Å². The number of rotatable bonds is 3. The summed E-state index contributed by atoms with van der Waals surface area (Å²) in [6.45, 7) is 0. The van der Waals surface area contributed by atoms with Crippen molar-refractivity contribution in [1.82, 2.24) is 24.5 Å². The van der Waals surface area contributed by atoms with Crippen LogP contribution in [-0.2, 0) is 12.6 Å². The average Bonchev–Trinajstić information content (AvgIpc) is 3.41. The van der Waals surface area contributed by atoms with E-state index in [0.717, 1.165) is 30.9 Å². The monoisotopic (exact) mass is 478 g/mol. The van der Waals surface area contributed by atoms with Gasteiger partial charge in [-0.05, 0) is 79.5 Å². The Morgan fingerprint density at radius 1 is 1.14 bits per heavy atom. The number of carbonyl (C=O) groups is 1. The van der Waals surface area contributed by atoms with Crippen LogP contribution in [-0.4, -0.2) is 35.9 Å². The highest BCUT2D eigenvalue weighted by atomic mass is 19.4. The molecule has 0 spiro atoms. The normalized spacial score (nSPS) is 24.8. The lowest BCUT2D eigenvalue weighted by Gasteiger charge is -2.67. The fourth-order valence-electron chi connectivity index (χ4n) is 6.30. The molecule has 0 aliphatic heterocycles. The molecule has 4 aliphatic carbocycles. The summed E-state index contributed by atoms with van der Waals surface area (Å²) < 4.78 is 41.5. The first-order chi connectivity index (χ1) is 16.7. The number of alkyl halides is 3. The van der Waals surface area contributed by atoms with Gasteiger partial charge in [0.05, 0.1) is 22.6 Å². The Bertz CT molecular complexity index is 1530. The molecule has 178 valence electrons. The molecule has 3 fully saturated rings. The molecule has 8 rings (SSSR count). The van der Waals surface area contributed by atoms with Gasteiger partial charge < -0.3 is 10.6 Å². The molecule has 1 atom stereocenters. The third kappa shape index (κ3) is 2.85. The van der Waals surface area contributed by atoms with E-state index in [4.69, 9.17) is 5.73 Å². The highest BCUT2D eigenvalue weighted by Gasteiger charge is 2.63. The van der Waals surface area contributed by atoms with Gasteiger partial charge in [-0.1, -0.05) is 6.07 Å². The molecule has 35 heavy (non-hydrogen) atoms. The van der Waals surface area contributed by atoms with E-state index < -0.39 is 11.7 Å². The molecular formula is C25H21F3N6O. The molecule has 4 aliphatic rings. The smallest absolute Gasteiger partial charge is 0.381 e. The van der Waals surface area contributed by atoms with E-state index in [1.165, 1.54) is 12.4 Å². The van der Waals surface area contributed by atoms with Crippen LogP contribution in [0.25, 0.3) is 16.7 Å². The van der Waals surface area contributed by atoms with Crippen molar-refractivity contribution < 1.29 is 18.0 Å². The Morgan fingerprint density at radius 2 is 1.94 bits per heavy atom. The lowest BCUT2D eigenvalue weighted by atomic mass is 9.48. The number of halogens is 3. The molecule has 1 unspecified atom stereocenters. The minimum absolute atomic E-state index is 0.110. The number of nitrogens with zero attached hydrogens (tertiary/aromatic N) is 5. The molecule has 0 saturated heterocycles. The van der Waals surface area contributed by atoms with Crippen molar-refractivity contribution in [1.29, 1.82) is 0 Å². The van der Waals surface area contributed by atoms with Crippen molar-refractivity contribution in [3.05, 3.63) is 65.0 Å². The number of aryl methyl sites for hydroxylation is 1. The fraction of sp³-hybridized carbons (Fsp3) is 0.360. The zero-order valence-corrected chi connectivity index (χ0v) is 18.6. The number of fused-ring (bicyclic) bond motifs is 4. The van der Waals surface area contributed by atoms with Crippen molar-refractivity contribution >= 4 is 28.4 Å². The summed E-state index contributed by atoms with van der Waals surface area (Å²) in [6, 6.07) is 8.99. The van der Waals surface area contributed by atoms with Gasteiger partial charge in [0.1, 0.15) is 6.33 Å². The Kier molecular flexibility index (Phi) is 3.96. The van der Waals surface area contributed by atoms with E-state index in [0.29, 0.717) is 46.6 Å². The summed E-state index contributed by atoms with van der Waals surface area (Å²) in [7, 11) is 0. The Balaban J connectivity index is 1.31. The highest BCUT2D eigenvalue weighted by molar-refractivity contribution is 5.99. The molecule has 0 radical (unpaired) electrons. The maximum Gasteiger partial charge on any atom is 0.416 e. The van der Waals surface area contributed by atoms with Crippen LogP contribution in [0.1, 0.15) is 58.8 Å². The van der Waals surface area contributed by atoms with Crippen LogP contribution < -0.4 is 5.73 Å². The SMILES string of the molecule is Nc1nc2ccc(C(=O)N(C3CCc4cc(C(F)(F)F)ccc43)C34CC(C3)C4)cc2n2cnnc12. The highest BCUT2D eigenvalue weighted by Crippen LogP contribution is 2.63. The molecule has 2 N–H and O–H groups in total. The number of benzene rings is 2. The Hall–Kier alpha value is -3.69. The number of amides is 1. The van der Waals surface area contributed by atoms with Gasteiger partial charge in [0.25, 0.3) is 5.91 Å². The van der Waals surface area contributed by atoms with E-state index in [1.54, 1.807) is 28.7 Å². The number of carbonyl (C=O) groups excluding carboxylic acids is 1. The lowest BCUT2D eigenvalue weighted by Crippen LogP contribution is -2.69. The number of nitrogens with two attached hydrogens (primary N) is 1. The van der Waals surface area contributed by atoms with Gasteiger partial charge in [-0.2, -0.15) is 13.2 Å². The topological polar surface area (TPSA) is 89.4 Å². The second-order valence-corrected chi connectivity index (χ2v) is 10.1. The van der Waals surface area contributed by atoms with Gasteiger partial charge in [0, 0.05) is 11.1 Å². The third-order valence-electron chi connectivity index (χ3n) is 8.06. The van der Waals surface area contributed by atoms with Crippen LogP contribution in [0, 0.1) is 5.92 Å². The van der Waals surface area contributed by atoms with Gasteiger partial charge in [-0.25, -0.2) is 4.98 Å². The summed E-state index contributed by atoms with van der Waals surface area (Å²) in [5.41, 5.74) is 8.86. The molecular weight excluding hydrogens is 457 g/mol. The quantitative estimate of drug-likeness (QED) is 0.466. The maximum absolute atomic E-state index is 14.1. The minimum atomic E-state index is -4.38. The van der Waals surface area contributed by atoms with Crippen molar-refractivity contribution in [2.24, 2.45) is 5.92 Å². The number of hydrogen-bond donors (Lipinski definition) is 1. The van der Waals surface area contributed by atoms with Crippen LogP contribution in [0.2, 0.25) is 0 Å². The van der Waals surface area contributed by atoms with E-state index >= 15 is 0 Å². The average molecular weight is 478 g/mol. The third-order valence-corrected chi connectivity index (χ3v) is 8.06. The Labute approximate surface area is 197 Å². The summed E-state index contributed by atoms with van der Waals surface area (Å²) >= 11 is 0. The van der Waals surface area contributed by atoms with Crippen molar-refractivity contribution in [3.8, 4) is 0 Å². The molecule has 2 bridgehead atoms. The summed E-state index contributed by atoms with van der Waals surface area (Å²) in [4.78, 5) is 20.4. The second-order valence-electron chi connectivity index (χ2n) is 10.1. The number of hydrogen-bond acceptors (Lipinski definition) is 5. The second kappa shape index (κ2) is 6.71. The van der Waals surface area contributed by atoms with Gasteiger partial charge in [0.15, 0.2) is 5.82 Å². The van der Waals surface area contributed by atoms with Gasteiger partial charge in [0.2, 0.25) is 5.65 Å². The summed E-state index contributed by atoms with van der Waals surface area (Å²) in [6.07, 6.45) is 1.15. The number of aromatic nitrogens is 4. The summed E-state index contributed by atoms with van der Waals surface area (Å²) in [5, 5.41) is 7.93. The van der Waals surface area contributed by atoms with E-state index in [9.17, 15) is 18.0 Å². The molecule has 10 heteroatoms. The largest absolute Gasteiger partial charge is 0.416 e. The maximum atomic E-state index is 14.1. The summed E-state index contributed by atoms with van der Waals surface area (Å²) in [5.74, 6) is 0.783. The molecule has 4 aromatic rings. The number of anilines is 1. The van der Waals surface area contributed by atoms with Crippen LogP contribution in [0.4, 0.5) is 19.0 Å². The van der Waals surface area contributed by atoms with Gasteiger partial charge in [-0.3, -0.25) is 9.20 Å². The zero-order chi connectivity index (χ0) is 24.1. The molecule has 1 amide bonds. The molecule has 2 aromatic heterocycles. The number of nitrogen functional groups attached to an aromatic ring is 1. The molecule has 3 saturated carbocycles. The molecule has 2 aromatic carbocycles. The first-order valence-electron chi connectivity index (χ1n) is 11.7. The lowest BCUT2D eigenvalue weighted by molar-refractivity contribution is -0.139. The van der Waals surface area contributed by atoms with Gasteiger partial charge in [-0.15, -0.1) is 10.2 Å². The zero-order valence-electron chi connectivity index (χ0n) is 18.6. The first-order valence-corrected chi connectivity index (χ1v) is 11.7. The van der Waals surface area contributed by atoms with Crippen molar-refractivity contribution in [3.63, 3.8) is 0 Å². The minimum Gasteiger partial charge on any atom is -0.381 e. The van der Waals surface area contributed by atoms with Crippen molar-refractivity contribution in [2.45, 2.75) is 49.9 Å². The fourth-order valence-corrected chi connectivity index (χ4v) is 6.30. The van der Waals surface area contributed by atoms with Crippen molar-refractivity contribution in [2.75, 3.05) is 5.73 Å². The first kappa shape index (κ1) is 20.7. The van der Waals surface area contributed by atoms with Gasteiger partial charge >= 0.3 is 6.18 Å². The molecule has 2 heterocycles. The van der Waals surface area contributed by atoms with E-state index in [1.807, 2.05) is 4.90 Å². The predicted molar refractivity (Wildman–Crippen MR) is 121 cm³/mol. The van der Waals surface area contributed by atoms with Crippen LogP contribution in [0.5, 0.6) is 0 Å². The van der Waals surface area contributed by atoms with Crippen LogP contribution in [0.15, 0.2) is 42.7 Å². The Morgan fingerprint density at radius 3 is 2.66 bits per heavy atom. The predicted octanol–water partition coefficient (Wildman–Crippen LogP) is 4.56. The van der Waals surface area contributed by atoms with Crippen LogP contribution >= 0.6 is 0 Å².